The van der Waals surface area contributed by atoms with E-state index in [1.54, 1.807) is 24.3 Å². The number of benzene rings is 4. The Balaban J connectivity index is 0.000000289. The Hall–Kier alpha value is -5.43. The van der Waals surface area contributed by atoms with Crippen molar-refractivity contribution in [1.29, 1.82) is 0 Å². The number of ether oxygens (including phenoxy) is 4. The lowest BCUT2D eigenvalue weighted by Crippen LogP contribution is -2.18. The van der Waals surface area contributed by atoms with Crippen molar-refractivity contribution in [1.82, 2.24) is 4.98 Å². The lowest BCUT2D eigenvalue weighted by atomic mass is 10.2. The highest BCUT2D eigenvalue weighted by atomic mass is 32.3. The Morgan fingerprint density at radius 3 is 2.12 bits per heavy atom. The summed E-state index contributed by atoms with van der Waals surface area (Å²) in [4.78, 5) is 4.52. The number of methoxy groups -OCH3 is 2. The van der Waals surface area contributed by atoms with Crippen LogP contribution >= 0.6 is 11.3 Å². The van der Waals surface area contributed by atoms with Gasteiger partial charge in [0.15, 0.2) is 17.3 Å². The monoisotopic (exact) mass is 778 g/mol. The molecule has 0 aliphatic carbocycles. The number of halogens is 4. The lowest BCUT2D eigenvalue weighted by molar-refractivity contribution is -0.274. The maximum absolute atomic E-state index is 14.8. The summed E-state index contributed by atoms with van der Waals surface area (Å²) >= 11 is 1.05. The second-order valence-corrected chi connectivity index (χ2v) is 14.8. The van der Waals surface area contributed by atoms with Gasteiger partial charge in [0, 0.05) is 34.7 Å². The average Bonchev–Trinajstić information content (AvgIpc) is 3.61. The Labute approximate surface area is 298 Å². The van der Waals surface area contributed by atoms with E-state index in [0.29, 0.717) is 34.2 Å². The van der Waals surface area contributed by atoms with E-state index in [2.05, 4.69) is 9.72 Å². The number of nitrogens with zero attached hydrogens (tertiary/aromatic N) is 1. The number of rotatable bonds is 10. The zero-order chi connectivity index (χ0) is 37.7. The van der Waals surface area contributed by atoms with E-state index < -0.39 is 48.7 Å². The zero-order valence-corrected chi connectivity index (χ0v) is 29.2. The van der Waals surface area contributed by atoms with Crippen molar-refractivity contribution in [2.24, 2.45) is 0 Å². The fourth-order valence-corrected chi connectivity index (χ4v) is 7.34. The van der Waals surface area contributed by atoms with Crippen LogP contribution in [0.3, 0.4) is 0 Å². The highest BCUT2D eigenvalue weighted by Crippen LogP contribution is 2.37. The minimum absolute atomic E-state index is 0.0265. The third-order valence-corrected chi connectivity index (χ3v) is 10.7. The summed E-state index contributed by atoms with van der Waals surface area (Å²) in [6.45, 7) is 0. The summed E-state index contributed by atoms with van der Waals surface area (Å²) in [7, 11) is -5.56. The summed E-state index contributed by atoms with van der Waals surface area (Å²) in [5, 5.41) is 0.547. The Kier molecular flexibility index (Phi) is 11.2. The Morgan fingerprint density at radius 2 is 1.48 bits per heavy atom. The summed E-state index contributed by atoms with van der Waals surface area (Å²) in [6.07, 6.45) is -3.52. The molecule has 0 atom stereocenters. The van der Waals surface area contributed by atoms with Crippen molar-refractivity contribution in [3.63, 3.8) is 0 Å². The number of nitrogens with one attached hydrogen (secondary N) is 1. The van der Waals surface area contributed by atoms with E-state index in [4.69, 9.17) is 18.8 Å². The Morgan fingerprint density at radius 1 is 0.769 bits per heavy atom. The predicted octanol–water partition coefficient (Wildman–Crippen LogP) is 8.54. The van der Waals surface area contributed by atoms with Gasteiger partial charge in [0.2, 0.25) is 0 Å². The van der Waals surface area contributed by atoms with Gasteiger partial charge in [-0.05, 0) is 54.1 Å². The Bertz CT molecular complexity index is 2420. The third-order valence-electron chi connectivity index (χ3n) is 6.86. The van der Waals surface area contributed by atoms with Crippen molar-refractivity contribution in [2.75, 3.05) is 18.9 Å². The van der Waals surface area contributed by atoms with E-state index in [1.807, 2.05) is 35.1 Å². The van der Waals surface area contributed by atoms with Gasteiger partial charge in [0.05, 0.1) is 30.3 Å². The largest absolute Gasteiger partial charge is 0.573 e. The molecule has 0 fully saturated rings. The SMILES string of the molecule is COc1cc2nccc(Oc3ccc(NS(=O)(=O)c4cccc(OC(F)(F)F)c4)c(F)c3)c2cc1OC.O=S(=O)(O)c1ccc(-c2ccccc2)s1. The smallest absolute Gasteiger partial charge is 0.493 e. The quantitative estimate of drug-likeness (QED) is 0.102. The van der Waals surface area contributed by atoms with Crippen molar-refractivity contribution in [3.05, 3.63) is 115 Å². The topological polar surface area (TPSA) is 150 Å². The van der Waals surface area contributed by atoms with E-state index in [1.165, 1.54) is 32.5 Å². The average molecular weight is 779 g/mol. The molecule has 2 heterocycles. The van der Waals surface area contributed by atoms with Gasteiger partial charge in [0.25, 0.3) is 10.0 Å². The number of alkyl halides is 3. The predicted molar refractivity (Wildman–Crippen MR) is 185 cm³/mol. The second-order valence-electron chi connectivity index (χ2n) is 10.4. The molecular weight excluding hydrogens is 753 g/mol. The molecule has 11 nitrogen and oxygen atoms in total. The van der Waals surface area contributed by atoms with Crippen molar-refractivity contribution in [2.45, 2.75) is 15.5 Å². The number of sulfonamides is 1. The van der Waals surface area contributed by atoms with Gasteiger partial charge in [-0.3, -0.25) is 14.3 Å². The van der Waals surface area contributed by atoms with E-state index >= 15 is 0 Å². The van der Waals surface area contributed by atoms with Gasteiger partial charge in [-0.25, -0.2) is 12.8 Å². The van der Waals surface area contributed by atoms with Crippen LogP contribution in [0.5, 0.6) is 28.7 Å². The van der Waals surface area contributed by atoms with Crippen LogP contribution in [0.1, 0.15) is 0 Å². The summed E-state index contributed by atoms with van der Waals surface area (Å²) < 4.78 is 130. The van der Waals surface area contributed by atoms with Crippen LogP contribution in [0.25, 0.3) is 21.3 Å². The van der Waals surface area contributed by atoms with Gasteiger partial charge in [-0.2, -0.15) is 8.42 Å². The van der Waals surface area contributed by atoms with Crippen LogP contribution in [0.15, 0.2) is 118 Å². The van der Waals surface area contributed by atoms with Gasteiger partial charge in [-0.1, -0.05) is 36.4 Å². The number of thiophene rings is 1. The van der Waals surface area contributed by atoms with Crippen molar-refractivity contribution >= 4 is 48.1 Å². The molecular formula is C34H26F4N2O9S3. The lowest BCUT2D eigenvalue weighted by Gasteiger charge is -2.14. The molecule has 0 aliphatic heterocycles. The molecule has 0 saturated carbocycles. The summed E-state index contributed by atoms with van der Waals surface area (Å²) in [5.74, 6) is -0.477. The number of anilines is 1. The fourth-order valence-electron chi connectivity index (χ4n) is 4.56. The molecule has 0 unspecified atom stereocenters. The van der Waals surface area contributed by atoms with Crippen molar-refractivity contribution < 1.29 is 57.9 Å². The zero-order valence-electron chi connectivity index (χ0n) is 26.8. The van der Waals surface area contributed by atoms with E-state index in [-0.39, 0.29) is 9.96 Å². The first-order valence-corrected chi connectivity index (χ1v) is 18.3. The molecule has 0 radical (unpaired) electrons. The highest BCUT2D eigenvalue weighted by Gasteiger charge is 2.31. The molecule has 4 aromatic carbocycles. The summed E-state index contributed by atoms with van der Waals surface area (Å²) in [6, 6.07) is 24.5. The molecule has 272 valence electrons. The van der Waals surface area contributed by atoms with Crippen LogP contribution in [-0.2, 0) is 20.1 Å². The van der Waals surface area contributed by atoms with E-state index in [0.717, 1.165) is 52.1 Å². The molecule has 0 spiro atoms. The molecule has 0 bridgehead atoms. The minimum Gasteiger partial charge on any atom is -0.493 e. The summed E-state index contributed by atoms with van der Waals surface area (Å²) in [5.41, 5.74) is 1.02. The van der Waals surface area contributed by atoms with Crippen LogP contribution in [-0.4, -0.2) is 47.0 Å². The van der Waals surface area contributed by atoms with E-state index in [9.17, 15) is 34.4 Å². The molecule has 2 aromatic heterocycles. The van der Waals surface area contributed by atoms with Crippen molar-refractivity contribution in [3.8, 4) is 39.2 Å². The number of hydrogen-bond acceptors (Lipinski definition) is 10. The van der Waals surface area contributed by atoms with Crippen LogP contribution < -0.4 is 23.7 Å². The molecule has 6 aromatic rings. The highest BCUT2D eigenvalue weighted by molar-refractivity contribution is 7.92. The fraction of sp³-hybridized carbons (Fsp3) is 0.0882. The van der Waals surface area contributed by atoms with Gasteiger partial charge < -0.3 is 18.9 Å². The molecule has 0 saturated heterocycles. The van der Waals surface area contributed by atoms with Gasteiger partial charge in [-0.15, -0.1) is 24.5 Å². The minimum atomic E-state index is -5.00. The molecule has 0 amide bonds. The third kappa shape index (κ3) is 9.46. The molecule has 2 N–H and O–H groups in total. The standard InChI is InChI=1S/C24H18F4N2O6S.C10H8O3S2/c1-33-22-12-17-20(13-23(22)34-2)29-9-8-21(17)35-14-6-7-19(18(25)11-14)30-37(31,32)16-5-3-4-15(10-16)36-24(26,27)28;11-15(12,13)10-7-6-9(14-10)8-4-2-1-3-5-8/h3-13,30H,1-2H3;1-7H,(H,11,12,13). The van der Waals surface area contributed by atoms with Gasteiger partial charge >= 0.3 is 16.5 Å². The first kappa shape index (κ1) is 37.8. The maximum Gasteiger partial charge on any atom is 0.573 e. The first-order valence-electron chi connectivity index (χ1n) is 14.6. The van der Waals surface area contributed by atoms with Crippen LogP contribution in [0, 0.1) is 5.82 Å². The molecule has 18 heteroatoms. The number of aromatic nitrogens is 1. The number of fused-ring (bicyclic) bond motifs is 1. The number of hydrogen-bond donors (Lipinski definition) is 2. The van der Waals surface area contributed by atoms with Crippen LogP contribution in [0.2, 0.25) is 0 Å². The maximum atomic E-state index is 14.8. The second kappa shape index (κ2) is 15.4. The van der Waals surface area contributed by atoms with Crippen LogP contribution in [0.4, 0.5) is 23.2 Å². The normalized spacial score (nSPS) is 11.7. The molecule has 6 rings (SSSR count). The molecule has 0 aliphatic rings. The first-order chi connectivity index (χ1) is 24.6. The van der Waals surface area contributed by atoms with Gasteiger partial charge in [0.1, 0.15) is 21.5 Å². The number of pyridine rings is 1. The molecule has 52 heavy (non-hydrogen) atoms.